The van der Waals surface area contributed by atoms with Gasteiger partial charge in [0.2, 0.25) is 0 Å². The molecule has 0 aromatic carbocycles. The number of fused-ring (bicyclic) bond motifs is 8. The van der Waals surface area contributed by atoms with Gasteiger partial charge in [-0.1, -0.05) is 12.1 Å². The van der Waals surface area contributed by atoms with Crippen molar-refractivity contribution in [2.24, 2.45) is 0 Å². The van der Waals surface area contributed by atoms with Gasteiger partial charge in [0.15, 0.2) is 5.69 Å². The highest BCUT2D eigenvalue weighted by atomic mass is 16.2. The molecule has 0 saturated carbocycles. The molecular weight excluding hydrogens is 390 g/mol. The summed E-state index contributed by atoms with van der Waals surface area (Å²) in [5, 5.41) is 4.69. The number of amides is 1. The van der Waals surface area contributed by atoms with E-state index >= 15 is 0 Å². The summed E-state index contributed by atoms with van der Waals surface area (Å²) in [6.45, 7) is 3.37. The number of aryl methyl sites for hydroxylation is 2. The van der Waals surface area contributed by atoms with Gasteiger partial charge in [0, 0.05) is 50.1 Å². The van der Waals surface area contributed by atoms with E-state index in [9.17, 15) is 4.79 Å². The Bertz CT molecular complexity index is 1390. The quantitative estimate of drug-likeness (QED) is 0.444. The number of aromatic nitrogens is 6. The summed E-state index contributed by atoms with van der Waals surface area (Å²) in [7, 11) is 1.82. The van der Waals surface area contributed by atoms with Crippen LogP contribution in [0.2, 0.25) is 0 Å². The van der Waals surface area contributed by atoms with Gasteiger partial charge >= 0.3 is 0 Å². The van der Waals surface area contributed by atoms with Crippen LogP contribution in [-0.4, -0.2) is 53.5 Å². The van der Waals surface area contributed by atoms with Gasteiger partial charge < -0.3 is 4.90 Å². The van der Waals surface area contributed by atoms with E-state index in [2.05, 4.69) is 22.4 Å². The van der Waals surface area contributed by atoms with Crippen LogP contribution in [0.15, 0.2) is 42.9 Å². The first-order valence-electron chi connectivity index (χ1n) is 10.4. The van der Waals surface area contributed by atoms with Crippen molar-refractivity contribution in [1.29, 1.82) is 0 Å². The number of nitrogens with zero attached hydrogens (tertiary/aromatic N) is 7. The molecular formula is C23H21N7O. The Morgan fingerprint density at radius 2 is 2.00 bits per heavy atom. The molecule has 0 fully saturated rings. The van der Waals surface area contributed by atoms with Crippen molar-refractivity contribution in [3.63, 3.8) is 0 Å². The molecule has 0 radical (unpaired) electrons. The Labute approximate surface area is 178 Å². The molecule has 154 valence electrons. The number of carbonyl (C=O) groups excluding carboxylic acids is 1. The molecule has 1 aliphatic heterocycles. The van der Waals surface area contributed by atoms with E-state index in [-0.39, 0.29) is 5.91 Å². The molecule has 4 bridgehead atoms. The second kappa shape index (κ2) is 6.60. The molecule has 5 heterocycles. The van der Waals surface area contributed by atoms with Crippen LogP contribution in [0.5, 0.6) is 0 Å². The van der Waals surface area contributed by atoms with Gasteiger partial charge in [0.25, 0.3) is 5.91 Å². The van der Waals surface area contributed by atoms with E-state index < -0.39 is 0 Å². The number of pyridine rings is 1. The van der Waals surface area contributed by atoms with Crippen LogP contribution in [0.4, 0.5) is 0 Å². The van der Waals surface area contributed by atoms with E-state index in [4.69, 9.17) is 9.97 Å². The van der Waals surface area contributed by atoms with Crippen LogP contribution in [-0.2, 0) is 13.0 Å². The number of rotatable bonds is 0. The van der Waals surface area contributed by atoms with Crippen LogP contribution in [0.3, 0.4) is 0 Å². The molecule has 0 unspecified atom stereocenters. The lowest BCUT2D eigenvalue weighted by molar-refractivity contribution is 0.0787. The van der Waals surface area contributed by atoms with Gasteiger partial charge in [0.1, 0.15) is 17.0 Å². The van der Waals surface area contributed by atoms with Crippen LogP contribution < -0.4 is 0 Å². The average Bonchev–Trinajstić information content (AvgIpc) is 3.46. The summed E-state index contributed by atoms with van der Waals surface area (Å²) in [4.78, 5) is 29.5. The Morgan fingerprint density at radius 3 is 2.90 bits per heavy atom. The zero-order valence-electron chi connectivity index (χ0n) is 17.4. The molecule has 0 spiro atoms. The largest absolute Gasteiger partial charge is 0.340 e. The number of allylic oxidation sites excluding steroid dienone is 1. The standard InChI is InChI=1S/C23H21N7O/c1-14-16-13-29(27-14)10-5-9-28(2)23(31)21-22(30-11-4-3-6-19(30)26-21)18-12-24-17-8-7-15(16)20(17)25-18/h3-4,6-7,11-13H,5,8-10H2,1-2H3. The third kappa shape index (κ3) is 2.71. The maximum Gasteiger partial charge on any atom is 0.274 e. The third-order valence-electron chi connectivity index (χ3n) is 6.04. The minimum atomic E-state index is -0.119. The van der Waals surface area contributed by atoms with Gasteiger partial charge in [0.05, 0.1) is 23.3 Å². The van der Waals surface area contributed by atoms with Crippen molar-refractivity contribution in [3.05, 3.63) is 71.2 Å². The van der Waals surface area contributed by atoms with Crippen molar-refractivity contribution in [2.75, 3.05) is 13.6 Å². The molecule has 31 heavy (non-hydrogen) atoms. The SMILES string of the molecule is Cc1nn2cc1C1=CCc3ncc(nc31)-c1c(nc3ccccn13)C(=O)N(C)CCC2. The highest BCUT2D eigenvalue weighted by Gasteiger charge is 2.27. The predicted molar refractivity (Wildman–Crippen MR) is 116 cm³/mol. The first kappa shape index (κ1) is 18.0. The fraction of sp³-hybridized carbons (Fsp3) is 0.261. The predicted octanol–water partition coefficient (Wildman–Crippen LogP) is 2.76. The van der Waals surface area contributed by atoms with E-state index in [1.165, 1.54) is 0 Å². The van der Waals surface area contributed by atoms with Gasteiger partial charge in [-0.2, -0.15) is 5.10 Å². The molecule has 6 rings (SSSR count). The van der Waals surface area contributed by atoms with Crippen molar-refractivity contribution in [2.45, 2.75) is 26.3 Å². The molecule has 0 N–H and O–H groups in total. The number of imidazole rings is 1. The molecule has 0 atom stereocenters. The summed E-state index contributed by atoms with van der Waals surface area (Å²) in [5.41, 5.74) is 7.36. The fourth-order valence-electron chi connectivity index (χ4n) is 4.46. The van der Waals surface area contributed by atoms with E-state index in [0.29, 0.717) is 29.3 Å². The highest BCUT2D eigenvalue weighted by molar-refractivity contribution is 5.99. The fourth-order valence-corrected chi connectivity index (χ4v) is 4.46. The van der Waals surface area contributed by atoms with E-state index in [1.807, 2.05) is 47.4 Å². The molecule has 4 aromatic heterocycles. The van der Waals surface area contributed by atoms with Crippen LogP contribution in [0.1, 0.15) is 39.6 Å². The maximum atomic E-state index is 13.4. The minimum absolute atomic E-state index is 0.119. The zero-order valence-corrected chi connectivity index (χ0v) is 17.4. The number of hydrogen-bond acceptors (Lipinski definition) is 5. The lowest BCUT2D eigenvalue weighted by atomic mass is 10.1. The second-order valence-electron chi connectivity index (χ2n) is 8.08. The lowest BCUT2D eigenvalue weighted by Gasteiger charge is -2.17. The van der Waals surface area contributed by atoms with Crippen LogP contribution in [0, 0.1) is 6.92 Å². The Hall–Kier alpha value is -3.81. The third-order valence-corrected chi connectivity index (χ3v) is 6.04. The monoisotopic (exact) mass is 411 g/mol. The summed E-state index contributed by atoms with van der Waals surface area (Å²) in [6.07, 6.45) is 9.47. The lowest BCUT2D eigenvalue weighted by Crippen LogP contribution is -2.29. The minimum Gasteiger partial charge on any atom is -0.340 e. The molecule has 0 saturated heterocycles. The van der Waals surface area contributed by atoms with Crippen molar-refractivity contribution < 1.29 is 4.79 Å². The number of carbonyl (C=O) groups is 1. The molecule has 4 aromatic rings. The number of hydrogen-bond donors (Lipinski definition) is 0. The van der Waals surface area contributed by atoms with Crippen LogP contribution in [0.25, 0.3) is 22.6 Å². The van der Waals surface area contributed by atoms with Gasteiger partial charge in [-0.15, -0.1) is 0 Å². The van der Waals surface area contributed by atoms with Crippen molar-refractivity contribution in [3.8, 4) is 11.4 Å². The van der Waals surface area contributed by atoms with E-state index in [1.54, 1.807) is 11.1 Å². The van der Waals surface area contributed by atoms with Crippen LogP contribution >= 0.6 is 0 Å². The average molecular weight is 411 g/mol. The highest BCUT2D eigenvalue weighted by Crippen LogP contribution is 2.34. The summed E-state index contributed by atoms with van der Waals surface area (Å²) >= 11 is 0. The second-order valence-corrected chi connectivity index (χ2v) is 8.08. The summed E-state index contributed by atoms with van der Waals surface area (Å²) in [5.74, 6) is -0.119. The molecule has 1 aliphatic carbocycles. The Balaban J connectivity index is 1.63. The first-order chi connectivity index (χ1) is 15.1. The topological polar surface area (TPSA) is 81.2 Å². The van der Waals surface area contributed by atoms with Gasteiger partial charge in [-0.05, 0) is 25.5 Å². The summed E-state index contributed by atoms with van der Waals surface area (Å²) in [6, 6.07) is 5.75. The Morgan fingerprint density at radius 1 is 1.10 bits per heavy atom. The smallest absolute Gasteiger partial charge is 0.274 e. The summed E-state index contributed by atoms with van der Waals surface area (Å²) < 4.78 is 3.88. The first-order valence-corrected chi connectivity index (χ1v) is 10.4. The molecule has 2 aliphatic rings. The van der Waals surface area contributed by atoms with Gasteiger partial charge in [-0.25, -0.2) is 9.97 Å². The van der Waals surface area contributed by atoms with Crippen molar-refractivity contribution >= 4 is 17.1 Å². The molecule has 8 heteroatoms. The maximum absolute atomic E-state index is 13.4. The van der Waals surface area contributed by atoms with E-state index in [0.717, 1.165) is 47.6 Å². The van der Waals surface area contributed by atoms with Gasteiger partial charge in [-0.3, -0.25) is 18.9 Å². The zero-order chi connectivity index (χ0) is 21.1. The van der Waals surface area contributed by atoms with Crippen molar-refractivity contribution in [1.82, 2.24) is 34.0 Å². The Kier molecular flexibility index (Phi) is 3.83. The molecule has 1 amide bonds. The molecule has 8 nitrogen and oxygen atoms in total. The normalized spacial score (nSPS) is 15.7.